The normalized spacial score (nSPS) is 11.1. The summed E-state index contributed by atoms with van der Waals surface area (Å²) < 4.78 is 27.4. The number of hydrogen-bond acceptors (Lipinski definition) is 5. The van der Waals surface area contributed by atoms with Gasteiger partial charge in [-0.25, -0.2) is 18.4 Å². The zero-order chi connectivity index (χ0) is 13.9. The molecule has 2 heterocycles. The molecule has 2 aromatic heterocycles. The Balaban J connectivity index is 2.35. The summed E-state index contributed by atoms with van der Waals surface area (Å²) in [6.07, 6.45) is 2.93. The van der Waals surface area contributed by atoms with E-state index in [1.807, 2.05) is 0 Å². The van der Waals surface area contributed by atoms with Crippen molar-refractivity contribution in [3.63, 3.8) is 0 Å². The highest BCUT2D eigenvalue weighted by Gasteiger charge is 2.16. The van der Waals surface area contributed by atoms with Gasteiger partial charge in [0, 0.05) is 25.5 Å². The first-order chi connectivity index (χ1) is 9.03. The number of pyridine rings is 2. The van der Waals surface area contributed by atoms with E-state index in [0.717, 1.165) is 0 Å². The molecule has 0 radical (unpaired) electrons. The number of nitrogens with zero attached hydrogens (tertiary/aromatic N) is 2. The third kappa shape index (κ3) is 3.21. The van der Waals surface area contributed by atoms with Crippen LogP contribution in [0.25, 0.3) is 0 Å². The van der Waals surface area contributed by atoms with E-state index >= 15 is 0 Å². The standard InChI is InChI=1S/C11H11BrN4O2S/c1-13-10-7-8(4-6-14-10)19(17,18)16-11-9(12)3-2-5-15-11/h2-7H,1H3,(H,13,14)(H,15,16). The molecule has 100 valence electrons. The first kappa shape index (κ1) is 13.8. The van der Waals surface area contributed by atoms with Gasteiger partial charge in [-0.2, -0.15) is 0 Å². The molecule has 2 N–H and O–H groups in total. The van der Waals surface area contributed by atoms with Crippen molar-refractivity contribution in [3.05, 3.63) is 41.1 Å². The van der Waals surface area contributed by atoms with Crippen molar-refractivity contribution in [1.82, 2.24) is 9.97 Å². The van der Waals surface area contributed by atoms with E-state index in [1.54, 1.807) is 19.2 Å². The van der Waals surface area contributed by atoms with Crippen LogP contribution in [-0.4, -0.2) is 25.4 Å². The summed E-state index contributed by atoms with van der Waals surface area (Å²) in [4.78, 5) is 8.05. The Labute approximate surface area is 119 Å². The number of sulfonamides is 1. The highest BCUT2D eigenvalue weighted by Crippen LogP contribution is 2.22. The van der Waals surface area contributed by atoms with E-state index in [1.165, 1.54) is 24.5 Å². The zero-order valence-corrected chi connectivity index (χ0v) is 12.4. The SMILES string of the molecule is CNc1cc(S(=O)(=O)Nc2ncccc2Br)ccn1. The highest BCUT2D eigenvalue weighted by molar-refractivity contribution is 9.10. The molecule has 6 nitrogen and oxygen atoms in total. The van der Waals surface area contributed by atoms with Crippen LogP contribution in [0, 0.1) is 0 Å². The molecule has 19 heavy (non-hydrogen) atoms. The highest BCUT2D eigenvalue weighted by atomic mass is 79.9. The van der Waals surface area contributed by atoms with Gasteiger partial charge in [-0.15, -0.1) is 0 Å². The number of rotatable bonds is 4. The molecule has 0 atom stereocenters. The van der Waals surface area contributed by atoms with Gasteiger partial charge in [0.2, 0.25) is 0 Å². The third-order valence-electron chi connectivity index (χ3n) is 2.29. The molecule has 8 heteroatoms. The number of nitrogens with one attached hydrogen (secondary N) is 2. The Morgan fingerprint density at radius 2 is 2.00 bits per heavy atom. The maximum absolute atomic E-state index is 12.2. The van der Waals surface area contributed by atoms with Crippen LogP contribution in [-0.2, 0) is 10.0 Å². The molecule has 0 saturated heterocycles. The molecule has 0 bridgehead atoms. The molecule has 0 aromatic carbocycles. The monoisotopic (exact) mass is 342 g/mol. The van der Waals surface area contributed by atoms with E-state index in [4.69, 9.17) is 0 Å². The minimum atomic E-state index is -3.69. The maximum atomic E-state index is 12.2. The van der Waals surface area contributed by atoms with Crippen LogP contribution < -0.4 is 10.0 Å². The Hall–Kier alpha value is -1.67. The van der Waals surface area contributed by atoms with Gasteiger partial charge in [0.25, 0.3) is 10.0 Å². The Bertz CT molecular complexity index is 691. The summed E-state index contributed by atoms with van der Waals surface area (Å²) in [5, 5.41) is 2.79. The third-order valence-corrected chi connectivity index (χ3v) is 4.26. The Morgan fingerprint density at radius 3 is 2.68 bits per heavy atom. The molecule has 0 fully saturated rings. The average molecular weight is 343 g/mol. The second-order valence-corrected chi connectivity index (χ2v) is 6.10. The number of hydrogen-bond donors (Lipinski definition) is 2. The van der Waals surface area contributed by atoms with Gasteiger partial charge in [0.15, 0.2) is 5.82 Å². The molecule has 0 unspecified atom stereocenters. The predicted molar refractivity (Wildman–Crippen MR) is 76.5 cm³/mol. The van der Waals surface area contributed by atoms with Gasteiger partial charge in [-0.05, 0) is 34.1 Å². The Kier molecular flexibility index (Phi) is 4.01. The predicted octanol–water partition coefficient (Wildman–Crippen LogP) is 2.08. The van der Waals surface area contributed by atoms with E-state index in [9.17, 15) is 8.42 Å². The van der Waals surface area contributed by atoms with Crippen LogP contribution in [0.2, 0.25) is 0 Å². The zero-order valence-electron chi connectivity index (χ0n) is 9.96. The van der Waals surface area contributed by atoms with Crippen molar-refractivity contribution in [1.29, 1.82) is 0 Å². The maximum Gasteiger partial charge on any atom is 0.263 e. The van der Waals surface area contributed by atoms with Gasteiger partial charge in [-0.3, -0.25) is 4.72 Å². The fourth-order valence-corrected chi connectivity index (χ4v) is 2.89. The fourth-order valence-electron chi connectivity index (χ4n) is 1.36. The summed E-state index contributed by atoms with van der Waals surface area (Å²) in [6, 6.07) is 6.27. The second kappa shape index (κ2) is 5.54. The lowest BCUT2D eigenvalue weighted by molar-refractivity contribution is 0.601. The van der Waals surface area contributed by atoms with E-state index in [0.29, 0.717) is 10.3 Å². The van der Waals surface area contributed by atoms with Crippen molar-refractivity contribution < 1.29 is 8.42 Å². The first-order valence-corrected chi connectivity index (χ1v) is 7.58. The molecule has 2 aromatic rings. The summed E-state index contributed by atoms with van der Waals surface area (Å²) in [7, 11) is -2.02. The van der Waals surface area contributed by atoms with E-state index < -0.39 is 10.0 Å². The van der Waals surface area contributed by atoms with Crippen LogP contribution in [0.4, 0.5) is 11.6 Å². The van der Waals surface area contributed by atoms with Crippen molar-refractivity contribution in [3.8, 4) is 0 Å². The molecule has 0 saturated carbocycles. The van der Waals surface area contributed by atoms with Crippen LogP contribution >= 0.6 is 15.9 Å². The molecule has 0 spiro atoms. The lowest BCUT2D eigenvalue weighted by atomic mass is 10.5. The summed E-state index contributed by atoms with van der Waals surface area (Å²) in [5.41, 5.74) is 0. The van der Waals surface area contributed by atoms with Crippen LogP contribution in [0.1, 0.15) is 0 Å². The van der Waals surface area contributed by atoms with Crippen molar-refractivity contribution in [2.75, 3.05) is 17.1 Å². The summed E-state index contributed by atoms with van der Waals surface area (Å²) in [5.74, 6) is 0.716. The molecule has 0 amide bonds. The molecule has 0 aliphatic rings. The Morgan fingerprint density at radius 1 is 1.21 bits per heavy atom. The van der Waals surface area contributed by atoms with Crippen molar-refractivity contribution in [2.45, 2.75) is 4.90 Å². The minimum absolute atomic E-state index is 0.115. The van der Waals surface area contributed by atoms with E-state index in [2.05, 4.69) is 35.9 Å². The van der Waals surface area contributed by atoms with Crippen LogP contribution in [0.5, 0.6) is 0 Å². The van der Waals surface area contributed by atoms with Crippen molar-refractivity contribution in [2.24, 2.45) is 0 Å². The second-order valence-electron chi connectivity index (χ2n) is 3.57. The lowest BCUT2D eigenvalue weighted by Gasteiger charge is -2.09. The molecular weight excluding hydrogens is 332 g/mol. The number of anilines is 2. The number of halogens is 1. The topological polar surface area (TPSA) is 84.0 Å². The van der Waals surface area contributed by atoms with Crippen molar-refractivity contribution >= 4 is 37.6 Å². The summed E-state index contributed by atoms with van der Waals surface area (Å²) in [6.45, 7) is 0. The molecule has 0 aliphatic heterocycles. The van der Waals surface area contributed by atoms with Gasteiger partial charge in [0.05, 0.1) is 9.37 Å². The van der Waals surface area contributed by atoms with Gasteiger partial charge in [-0.1, -0.05) is 0 Å². The quantitative estimate of drug-likeness (QED) is 0.888. The van der Waals surface area contributed by atoms with Crippen LogP contribution in [0.15, 0.2) is 46.0 Å². The number of aromatic nitrogens is 2. The van der Waals surface area contributed by atoms with Gasteiger partial charge < -0.3 is 5.32 Å². The average Bonchev–Trinajstić information content (AvgIpc) is 2.41. The molecule has 2 rings (SSSR count). The first-order valence-electron chi connectivity index (χ1n) is 5.30. The smallest absolute Gasteiger partial charge is 0.263 e. The largest absolute Gasteiger partial charge is 0.373 e. The van der Waals surface area contributed by atoms with Crippen LogP contribution in [0.3, 0.4) is 0 Å². The van der Waals surface area contributed by atoms with Gasteiger partial charge >= 0.3 is 0 Å². The van der Waals surface area contributed by atoms with Gasteiger partial charge in [0.1, 0.15) is 5.82 Å². The molecule has 0 aliphatic carbocycles. The fraction of sp³-hybridized carbons (Fsp3) is 0.0909. The molecular formula is C11H11BrN4O2S. The summed E-state index contributed by atoms with van der Waals surface area (Å²) >= 11 is 3.24. The minimum Gasteiger partial charge on any atom is -0.373 e. The van der Waals surface area contributed by atoms with E-state index in [-0.39, 0.29) is 10.7 Å². The lowest BCUT2D eigenvalue weighted by Crippen LogP contribution is -2.14.